The molecule has 1 saturated carbocycles. The molecule has 3 aromatic rings. The number of thiophene rings is 1. The van der Waals surface area contributed by atoms with Crippen molar-refractivity contribution >= 4 is 34.1 Å². The SMILES string of the molecule is CCC[C@@H](NC(=O)c1c2c(nc3ccccc13)C(=O)N(C1CCCCC1)C2)c1cccs1. The second-order valence-electron chi connectivity index (χ2n) is 8.89. The number of fused-ring (bicyclic) bond motifs is 2. The van der Waals surface area contributed by atoms with Crippen molar-refractivity contribution in [2.75, 3.05) is 0 Å². The lowest BCUT2D eigenvalue weighted by Crippen LogP contribution is -2.37. The molecular formula is C26H29N3O2S. The lowest BCUT2D eigenvalue weighted by atomic mass is 9.94. The van der Waals surface area contributed by atoms with Gasteiger partial charge < -0.3 is 10.2 Å². The second-order valence-corrected chi connectivity index (χ2v) is 9.87. The van der Waals surface area contributed by atoms with Crippen molar-refractivity contribution < 1.29 is 9.59 Å². The van der Waals surface area contributed by atoms with E-state index < -0.39 is 0 Å². The highest BCUT2D eigenvalue weighted by atomic mass is 32.1. The Hall–Kier alpha value is -2.73. The first-order chi connectivity index (χ1) is 15.7. The Kier molecular flexibility index (Phi) is 5.96. The highest BCUT2D eigenvalue weighted by molar-refractivity contribution is 7.10. The van der Waals surface area contributed by atoms with Gasteiger partial charge in [-0.05, 0) is 36.8 Å². The van der Waals surface area contributed by atoms with Crippen molar-refractivity contribution in [1.82, 2.24) is 15.2 Å². The fraction of sp³-hybridized carbons (Fsp3) is 0.423. The van der Waals surface area contributed by atoms with Gasteiger partial charge in [0.2, 0.25) is 0 Å². The van der Waals surface area contributed by atoms with Gasteiger partial charge in [0.15, 0.2) is 0 Å². The molecule has 1 aliphatic heterocycles. The van der Waals surface area contributed by atoms with Crippen molar-refractivity contribution in [3.8, 4) is 0 Å². The summed E-state index contributed by atoms with van der Waals surface area (Å²) in [5.41, 5.74) is 2.58. The zero-order valence-corrected chi connectivity index (χ0v) is 19.3. The molecule has 0 unspecified atom stereocenters. The van der Waals surface area contributed by atoms with E-state index in [1.807, 2.05) is 40.6 Å². The van der Waals surface area contributed by atoms with E-state index in [0.717, 1.165) is 54.4 Å². The van der Waals surface area contributed by atoms with Crippen LogP contribution in [0, 0.1) is 0 Å². The molecule has 32 heavy (non-hydrogen) atoms. The van der Waals surface area contributed by atoms with Gasteiger partial charge in [-0.25, -0.2) is 4.98 Å². The van der Waals surface area contributed by atoms with Gasteiger partial charge in [0.25, 0.3) is 11.8 Å². The molecule has 0 bridgehead atoms. The van der Waals surface area contributed by atoms with Crippen LogP contribution in [0.15, 0.2) is 41.8 Å². The van der Waals surface area contributed by atoms with Gasteiger partial charge in [0, 0.05) is 28.4 Å². The van der Waals surface area contributed by atoms with E-state index in [-0.39, 0.29) is 23.9 Å². The summed E-state index contributed by atoms with van der Waals surface area (Å²) in [4.78, 5) is 34.9. The van der Waals surface area contributed by atoms with Gasteiger partial charge >= 0.3 is 0 Å². The first-order valence-corrected chi connectivity index (χ1v) is 12.6. The van der Waals surface area contributed by atoms with Gasteiger partial charge in [-0.1, -0.05) is 56.9 Å². The summed E-state index contributed by atoms with van der Waals surface area (Å²) in [5, 5.41) is 6.15. The Morgan fingerprint density at radius 1 is 1.19 bits per heavy atom. The van der Waals surface area contributed by atoms with Crippen LogP contribution < -0.4 is 5.32 Å². The molecule has 6 heteroatoms. The molecule has 0 spiro atoms. The Labute approximate surface area is 192 Å². The third kappa shape index (κ3) is 3.81. The van der Waals surface area contributed by atoms with Gasteiger partial charge in [0.1, 0.15) is 5.69 Å². The molecule has 2 aromatic heterocycles. The summed E-state index contributed by atoms with van der Waals surface area (Å²) in [5.74, 6) is -0.125. The number of amides is 2. The fourth-order valence-electron chi connectivity index (χ4n) is 5.20. The zero-order chi connectivity index (χ0) is 22.1. The van der Waals surface area contributed by atoms with Crippen molar-refractivity contribution in [1.29, 1.82) is 0 Å². The monoisotopic (exact) mass is 447 g/mol. The minimum Gasteiger partial charge on any atom is -0.344 e. The highest BCUT2D eigenvalue weighted by Gasteiger charge is 2.38. The van der Waals surface area contributed by atoms with Crippen LogP contribution in [0.4, 0.5) is 0 Å². The number of nitrogens with one attached hydrogen (secondary N) is 1. The molecule has 0 saturated heterocycles. The Morgan fingerprint density at radius 3 is 2.75 bits per heavy atom. The molecule has 5 rings (SSSR count). The lowest BCUT2D eigenvalue weighted by Gasteiger charge is -2.30. The van der Waals surface area contributed by atoms with E-state index in [9.17, 15) is 9.59 Å². The maximum absolute atomic E-state index is 13.7. The van der Waals surface area contributed by atoms with Crippen molar-refractivity contribution in [3.05, 3.63) is 63.5 Å². The molecule has 1 aromatic carbocycles. The molecule has 2 aliphatic rings. The molecule has 1 aliphatic carbocycles. The minimum absolute atomic E-state index is 0.0185. The minimum atomic E-state index is -0.106. The average Bonchev–Trinajstić information content (AvgIpc) is 3.46. The first kappa shape index (κ1) is 21.1. The molecular weight excluding hydrogens is 418 g/mol. The Balaban J connectivity index is 1.54. The van der Waals surface area contributed by atoms with Crippen molar-refractivity contribution in [3.63, 3.8) is 0 Å². The van der Waals surface area contributed by atoms with E-state index >= 15 is 0 Å². The molecule has 5 nitrogen and oxygen atoms in total. The Morgan fingerprint density at radius 2 is 2.00 bits per heavy atom. The average molecular weight is 448 g/mol. The third-order valence-electron chi connectivity index (χ3n) is 6.80. The van der Waals surface area contributed by atoms with Crippen LogP contribution in [0.1, 0.15) is 89.2 Å². The fourth-order valence-corrected chi connectivity index (χ4v) is 6.01. The molecule has 0 radical (unpaired) electrons. The molecule has 3 heterocycles. The van der Waals surface area contributed by atoms with E-state index in [1.54, 1.807) is 11.3 Å². The van der Waals surface area contributed by atoms with Crippen LogP contribution in [-0.2, 0) is 6.54 Å². The van der Waals surface area contributed by atoms with E-state index in [2.05, 4.69) is 18.3 Å². The standard InChI is InChI=1S/C26H29N3O2S/c1-2-9-21(22-14-8-15-32-22)28-25(30)23-18-12-6-7-13-20(18)27-24-19(23)16-29(26(24)31)17-10-4-3-5-11-17/h6-8,12-15,17,21H,2-5,9-11,16H2,1H3,(H,28,30)/t21-/m1/s1. The molecule has 166 valence electrons. The largest absolute Gasteiger partial charge is 0.344 e. The number of aromatic nitrogens is 1. The normalized spacial score (nSPS) is 17.5. The van der Waals surface area contributed by atoms with E-state index in [4.69, 9.17) is 4.98 Å². The number of pyridine rings is 1. The predicted molar refractivity (Wildman–Crippen MR) is 128 cm³/mol. The summed E-state index contributed by atoms with van der Waals surface area (Å²) in [7, 11) is 0. The smallest absolute Gasteiger partial charge is 0.273 e. The van der Waals surface area contributed by atoms with E-state index in [1.165, 1.54) is 6.42 Å². The predicted octanol–water partition coefficient (Wildman–Crippen LogP) is 5.86. The zero-order valence-electron chi connectivity index (χ0n) is 18.5. The first-order valence-electron chi connectivity index (χ1n) is 11.7. The number of nitrogens with zero attached hydrogens (tertiary/aromatic N) is 2. The van der Waals surface area contributed by atoms with Crippen molar-refractivity contribution in [2.24, 2.45) is 0 Å². The highest BCUT2D eigenvalue weighted by Crippen LogP contribution is 2.35. The molecule has 1 fully saturated rings. The second kappa shape index (κ2) is 9.02. The van der Waals surface area contributed by atoms with Crippen LogP contribution in [-0.4, -0.2) is 27.7 Å². The number of rotatable bonds is 6. The number of carbonyl (C=O) groups is 2. The molecule has 1 atom stereocenters. The number of hydrogen-bond donors (Lipinski definition) is 1. The molecule has 2 amide bonds. The summed E-state index contributed by atoms with van der Waals surface area (Å²) in [6.45, 7) is 2.61. The number of hydrogen-bond acceptors (Lipinski definition) is 4. The Bertz CT molecular complexity index is 1140. The maximum atomic E-state index is 13.7. The van der Waals surface area contributed by atoms with Crippen LogP contribution >= 0.6 is 11.3 Å². The maximum Gasteiger partial charge on any atom is 0.273 e. The van der Waals surface area contributed by atoms with E-state index in [0.29, 0.717) is 23.3 Å². The number of para-hydroxylation sites is 1. The number of benzene rings is 1. The lowest BCUT2D eigenvalue weighted by molar-refractivity contribution is 0.0655. The van der Waals surface area contributed by atoms with Crippen molar-refractivity contribution in [2.45, 2.75) is 70.5 Å². The van der Waals surface area contributed by atoms with Crippen LogP contribution in [0.25, 0.3) is 10.9 Å². The summed E-state index contributed by atoms with van der Waals surface area (Å²) in [6.07, 6.45) is 7.49. The van der Waals surface area contributed by atoms with Gasteiger partial charge in [-0.3, -0.25) is 9.59 Å². The quantitative estimate of drug-likeness (QED) is 0.515. The van der Waals surface area contributed by atoms with Gasteiger partial charge in [-0.2, -0.15) is 0 Å². The van der Waals surface area contributed by atoms with Crippen LogP contribution in [0.2, 0.25) is 0 Å². The number of carbonyl (C=O) groups excluding carboxylic acids is 2. The topological polar surface area (TPSA) is 62.3 Å². The van der Waals surface area contributed by atoms with Crippen LogP contribution in [0.3, 0.4) is 0 Å². The van der Waals surface area contributed by atoms with Crippen LogP contribution in [0.5, 0.6) is 0 Å². The summed E-state index contributed by atoms with van der Waals surface area (Å²) in [6, 6.07) is 12.0. The molecule has 1 N–H and O–H groups in total. The van der Waals surface area contributed by atoms with Gasteiger partial charge in [0.05, 0.1) is 17.1 Å². The van der Waals surface area contributed by atoms with Gasteiger partial charge in [-0.15, -0.1) is 11.3 Å². The third-order valence-corrected chi connectivity index (χ3v) is 7.78. The summed E-state index contributed by atoms with van der Waals surface area (Å²) < 4.78 is 0. The summed E-state index contributed by atoms with van der Waals surface area (Å²) >= 11 is 1.67.